The number of para-hydroxylation sites is 1. The van der Waals surface area contributed by atoms with Gasteiger partial charge in [-0.2, -0.15) is 0 Å². The predicted molar refractivity (Wildman–Crippen MR) is 117 cm³/mol. The fourth-order valence-electron chi connectivity index (χ4n) is 2.65. The standard InChI is InChI=1S/C23H18FN3O3S/c1-15(31-23-27-26-22(30-23)16-7-9-17(24)10-8-16)21(28)25-18-11-13-20(14-12-18)29-19-5-3-2-4-6-19/h2-15H,1H3,(H,25,28)/t15-/m0/s1. The highest BCUT2D eigenvalue weighted by atomic mass is 32.2. The second kappa shape index (κ2) is 9.44. The van der Waals surface area contributed by atoms with Crippen LogP contribution >= 0.6 is 11.8 Å². The number of ether oxygens (including phenoxy) is 1. The van der Waals surface area contributed by atoms with Crippen LogP contribution in [0.4, 0.5) is 10.1 Å². The van der Waals surface area contributed by atoms with Crippen LogP contribution in [-0.4, -0.2) is 21.4 Å². The van der Waals surface area contributed by atoms with Crippen molar-refractivity contribution in [3.8, 4) is 23.0 Å². The Labute approximate surface area is 182 Å². The minimum Gasteiger partial charge on any atom is -0.457 e. The Balaban J connectivity index is 1.33. The number of halogens is 1. The van der Waals surface area contributed by atoms with Crippen molar-refractivity contribution >= 4 is 23.4 Å². The fourth-order valence-corrected chi connectivity index (χ4v) is 3.33. The lowest BCUT2D eigenvalue weighted by Crippen LogP contribution is -2.22. The van der Waals surface area contributed by atoms with E-state index in [2.05, 4.69) is 15.5 Å². The average Bonchev–Trinajstić information content (AvgIpc) is 3.24. The van der Waals surface area contributed by atoms with Gasteiger partial charge in [-0.3, -0.25) is 4.79 Å². The number of anilines is 1. The van der Waals surface area contributed by atoms with Crippen LogP contribution < -0.4 is 10.1 Å². The number of amides is 1. The maximum atomic E-state index is 13.0. The zero-order valence-electron chi connectivity index (χ0n) is 16.5. The maximum absolute atomic E-state index is 13.0. The van der Waals surface area contributed by atoms with Gasteiger partial charge in [0.1, 0.15) is 17.3 Å². The molecule has 1 N–H and O–H groups in total. The van der Waals surface area contributed by atoms with E-state index in [9.17, 15) is 9.18 Å². The van der Waals surface area contributed by atoms with E-state index in [1.54, 1.807) is 43.3 Å². The molecule has 4 aromatic rings. The smallest absolute Gasteiger partial charge is 0.277 e. The van der Waals surface area contributed by atoms with E-state index in [0.29, 0.717) is 17.0 Å². The summed E-state index contributed by atoms with van der Waals surface area (Å²) in [7, 11) is 0. The van der Waals surface area contributed by atoms with Crippen LogP contribution in [0.2, 0.25) is 0 Å². The van der Waals surface area contributed by atoms with Crippen LogP contribution in [-0.2, 0) is 4.79 Å². The molecule has 0 saturated heterocycles. The molecule has 0 aliphatic heterocycles. The third kappa shape index (κ3) is 5.49. The lowest BCUT2D eigenvalue weighted by atomic mass is 10.2. The van der Waals surface area contributed by atoms with Crippen molar-refractivity contribution < 1.29 is 18.3 Å². The molecule has 1 amide bonds. The number of aromatic nitrogens is 2. The van der Waals surface area contributed by atoms with Gasteiger partial charge in [0.25, 0.3) is 5.22 Å². The summed E-state index contributed by atoms with van der Waals surface area (Å²) >= 11 is 1.14. The minimum atomic E-state index is -0.471. The summed E-state index contributed by atoms with van der Waals surface area (Å²) in [6.07, 6.45) is 0. The van der Waals surface area contributed by atoms with Crippen molar-refractivity contribution in [1.82, 2.24) is 10.2 Å². The molecule has 1 atom stereocenters. The van der Waals surface area contributed by atoms with Gasteiger partial charge in [-0.05, 0) is 67.6 Å². The van der Waals surface area contributed by atoms with Gasteiger partial charge in [0.2, 0.25) is 11.8 Å². The van der Waals surface area contributed by atoms with Crippen molar-refractivity contribution in [2.75, 3.05) is 5.32 Å². The third-order valence-electron chi connectivity index (χ3n) is 4.25. The molecule has 0 aliphatic carbocycles. The summed E-state index contributed by atoms with van der Waals surface area (Å²) in [6, 6.07) is 22.3. The van der Waals surface area contributed by atoms with Gasteiger partial charge in [0.15, 0.2) is 0 Å². The number of benzene rings is 3. The van der Waals surface area contributed by atoms with Gasteiger partial charge in [0.05, 0.1) is 5.25 Å². The summed E-state index contributed by atoms with van der Waals surface area (Å²) in [4.78, 5) is 12.5. The number of hydrogen-bond donors (Lipinski definition) is 1. The molecule has 8 heteroatoms. The Morgan fingerprint density at radius 3 is 2.35 bits per heavy atom. The summed E-state index contributed by atoms with van der Waals surface area (Å²) in [6.45, 7) is 1.74. The van der Waals surface area contributed by atoms with Crippen LogP contribution in [0, 0.1) is 5.82 Å². The van der Waals surface area contributed by atoms with Crippen LogP contribution in [0.1, 0.15) is 6.92 Å². The number of nitrogens with one attached hydrogen (secondary N) is 1. The zero-order valence-corrected chi connectivity index (χ0v) is 17.3. The van der Waals surface area contributed by atoms with Crippen molar-refractivity contribution in [1.29, 1.82) is 0 Å². The van der Waals surface area contributed by atoms with Crippen molar-refractivity contribution in [3.05, 3.63) is 84.7 Å². The lowest BCUT2D eigenvalue weighted by Gasteiger charge is -2.11. The van der Waals surface area contributed by atoms with Gasteiger partial charge in [-0.1, -0.05) is 30.0 Å². The van der Waals surface area contributed by atoms with E-state index < -0.39 is 5.25 Å². The topological polar surface area (TPSA) is 77.2 Å². The molecule has 6 nitrogen and oxygen atoms in total. The summed E-state index contributed by atoms with van der Waals surface area (Å²) in [5.41, 5.74) is 1.26. The van der Waals surface area contributed by atoms with Gasteiger partial charge >= 0.3 is 0 Å². The van der Waals surface area contributed by atoms with E-state index >= 15 is 0 Å². The monoisotopic (exact) mass is 435 g/mol. The first-order valence-corrected chi connectivity index (χ1v) is 10.3. The summed E-state index contributed by atoms with van der Waals surface area (Å²) in [5.74, 6) is 1.13. The molecule has 31 heavy (non-hydrogen) atoms. The molecular formula is C23H18FN3O3S. The Morgan fingerprint density at radius 2 is 1.65 bits per heavy atom. The SMILES string of the molecule is C[C@H](Sc1nnc(-c2ccc(F)cc2)o1)C(=O)Nc1ccc(Oc2ccccc2)cc1. The van der Waals surface area contributed by atoms with E-state index in [0.717, 1.165) is 17.5 Å². The molecule has 3 aromatic carbocycles. The molecule has 4 rings (SSSR count). The van der Waals surface area contributed by atoms with Crippen molar-refractivity contribution in [2.24, 2.45) is 0 Å². The van der Waals surface area contributed by atoms with Crippen molar-refractivity contribution in [3.63, 3.8) is 0 Å². The maximum Gasteiger partial charge on any atom is 0.277 e. The summed E-state index contributed by atoms with van der Waals surface area (Å²) < 4.78 is 24.4. The molecule has 0 unspecified atom stereocenters. The highest BCUT2D eigenvalue weighted by molar-refractivity contribution is 8.00. The highest BCUT2D eigenvalue weighted by Crippen LogP contribution is 2.27. The zero-order chi connectivity index (χ0) is 21.6. The fraction of sp³-hybridized carbons (Fsp3) is 0.0870. The predicted octanol–water partition coefficient (Wildman–Crippen LogP) is 5.79. The second-order valence-electron chi connectivity index (χ2n) is 6.57. The van der Waals surface area contributed by atoms with E-state index in [4.69, 9.17) is 9.15 Å². The van der Waals surface area contributed by atoms with E-state index in [1.165, 1.54) is 12.1 Å². The Bertz CT molecular complexity index is 1150. The molecule has 0 aliphatic rings. The average molecular weight is 435 g/mol. The molecule has 1 heterocycles. The number of hydrogen-bond acceptors (Lipinski definition) is 6. The normalized spacial score (nSPS) is 11.7. The van der Waals surface area contributed by atoms with Crippen LogP contribution in [0.5, 0.6) is 11.5 Å². The molecule has 0 fully saturated rings. The Kier molecular flexibility index (Phi) is 6.28. The van der Waals surface area contributed by atoms with Gasteiger partial charge in [-0.25, -0.2) is 4.39 Å². The molecule has 0 radical (unpaired) electrons. The lowest BCUT2D eigenvalue weighted by molar-refractivity contribution is -0.115. The third-order valence-corrected chi connectivity index (χ3v) is 5.18. The largest absolute Gasteiger partial charge is 0.457 e. The molecule has 156 valence electrons. The summed E-state index contributed by atoms with van der Waals surface area (Å²) in [5, 5.41) is 10.5. The highest BCUT2D eigenvalue weighted by Gasteiger charge is 2.19. The number of nitrogens with zero attached hydrogens (tertiary/aromatic N) is 2. The minimum absolute atomic E-state index is 0.205. The van der Waals surface area contributed by atoms with Crippen LogP contribution in [0.3, 0.4) is 0 Å². The Morgan fingerprint density at radius 1 is 0.968 bits per heavy atom. The Hall–Kier alpha value is -3.65. The van der Waals surface area contributed by atoms with Gasteiger partial charge in [-0.15, -0.1) is 10.2 Å². The number of rotatable bonds is 7. The molecular weight excluding hydrogens is 417 g/mol. The first-order chi connectivity index (χ1) is 15.1. The molecule has 1 aromatic heterocycles. The number of thioether (sulfide) groups is 1. The first kappa shape index (κ1) is 20.6. The molecule has 0 spiro atoms. The number of carbonyl (C=O) groups excluding carboxylic acids is 1. The van der Waals surface area contributed by atoms with Gasteiger partial charge < -0.3 is 14.5 Å². The van der Waals surface area contributed by atoms with Gasteiger partial charge in [0, 0.05) is 11.3 Å². The van der Waals surface area contributed by atoms with E-state index in [-0.39, 0.29) is 22.8 Å². The van der Waals surface area contributed by atoms with Crippen LogP contribution in [0.25, 0.3) is 11.5 Å². The molecule has 0 bridgehead atoms. The first-order valence-electron chi connectivity index (χ1n) is 9.47. The van der Waals surface area contributed by atoms with Crippen molar-refractivity contribution in [2.45, 2.75) is 17.4 Å². The number of carbonyl (C=O) groups is 1. The van der Waals surface area contributed by atoms with Crippen LogP contribution in [0.15, 0.2) is 88.5 Å². The quantitative estimate of drug-likeness (QED) is 0.371. The molecule has 0 saturated carbocycles. The van der Waals surface area contributed by atoms with E-state index in [1.807, 2.05) is 30.3 Å². The second-order valence-corrected chi connectivity index (χ2v) is 7.86.